The zero-order valence-electron chi connectivity index (χ0n) is 13.0. The van der Waals surface area contributed by atoms with Gasteiger partial charge in [-0.3, -0.25) is 4.99 Å². The van der Waals surface area contributed by atoms with E-state index in [1.807, 2.05) is 0 Å². The van der Waals surface area contributed by atoms with Crippen LogP contribution in [0.4, 0.5) is 5.69 Å². The molecule has 2 aliphatic rings. The minimum Gasteiger partial charge on any atom is -0.370 e. The zero-order chi connectivity index (χ0) is 14.5. The maximum atomic E-state index is 6.09. The van der Waals surface area contributed by atoms with Gasteiger partial charge in [-0.1, -0.05) is 12.1 Å². The number of hydrogen-bond acceptors (Lipinski definition) is 2. The number of nitrogens with one attached hydrogen (secondary N) is 1. The van der Waals surface area contributed by atoms with Crippen molar-refractivity contribution in [3.63, 3.8) is 0 Å². The maximum absolute atomic E-state index is 6.09. The summed E-state index contributed by atoms with van der Waals surface area (Å²) < 4.78 is 0. The maximum Gasteiger partial charge on any atom is 0.193 e. The van der Waals surface area contributed by atoms with E-state index in [4.69, 9.17) is 5.73 Å². The lowest BCUT2D eigenvalue weighted by Crippen LogP contribution is -2.25. The number of aryl methyl sites for hydroxylation is 1. The highest BCUT2D eigenvalue weighted by atomic mass is 127. The average Bonchev–Trinajstić information content (AvgIpc) is 2.54. The Morgan fingerprint density at radius 1 is 1.23 bits per heavy atom. The van der Waals surface area contributed by atoms with E-state index < -0.39 is 0 Å². The van der Waals surface area contributed by atoms with E-state index in [0.717, 1.165) is 24.6 Å². The van der Waals surface area contributed by atoms with Crippen molar-refractivity contribution in [3.05, 3.63) is 29.3 Å². The minimum atomic E-state index is 0. The van der Waals surface area contributed by atoms with Gasteiger partial charge in [-0.15, -0.1) is 24.0 Å². The highest BCUT2D eigenvalue weighted by Crippen LogP contribution is 2.28. The molecule has 0 radical (unpaired) electrons. The number of hydrogen-bond donors (Lipinski definition) is 2. The summed E-state index contributed by atoms with van der Waals surface area (Å²) in [6.07, 6.45) is 7.50. The van der Waals surface area contributed by atoms with E-state index in [-0.39, 0.29) is 24.0 Å². The summed E-state index contributed by atoms with van der Waals surface area (Å²) in [6.45, 7) is 0.869. The van der Waals surface area contributed by atoms with Crippen LogP contribution in [0.3, 0.4) is 0 Å². The van der Waals surface area contributed by atoms with Gasteiger partial charge in [0.1, 0.15) is 0 Å². The van der Waals surface area contributed by atoms with Crippen LogP contribution < -0.4 is 11.1 Å². The summed E-state index contributed by atoms with van der Waals surface area (Å²) in [5.74, 6) is 3.85. The minimum absolute atomic E-state index is 0. The van der Waals surface area contributed by atoms with Gasteiger partial charge in [0.15, 0.2) is 5.96 Å². The van der Waals surface area contributed by atoms with Gasteiger partial charge in [0, 0.05) is 12.2 Å². The van der Waals surface area contributed by atoms with E-state index >= 15 is 0 Å². The Labute approximate surface area is 154 Å². The molecule has 1 aliphatic carbocycles. The number of halogens is 1. The number of benzene rings is 1. The van der Waals surface area contributed by atoms with Crippen LogP contribution in [0.1, 0.15) is 36.8 Å². The number of anilines is 1. The fourth-order valence-electron chi connectivity index (χ4n) is 3.23. The van der Waals surface area contributed by atoms with Crippen molar-refractivity contribution in [1.82, 2.24) is 0 Å². The molecule has 3 N–H and O–H groups in total. The number of nitrogens with zero attached hydrogens (tertiary/aromatic N) is 1. The smallest absolute Gasteiger partial charge is 0.193 e. The summed E-state index contributed by atoms with van der Waals surface area (Å²) in [6, 6.07) is 6.49. The molecule has 0 saturated carbocycles. The van der Waals surface area contributed by atoms with Gasteiger partial charge < -0.3 is 11.1 Å². The molecule has 122 valence electrons. The SMILES string of the molecule is I.NC(=NCC1CCSCC1)Nc1cccc2c1CCCC2. The molecule has 1 aromatic rings. The highest BCUT2D eigenvalue weighted by molar-refractivity contribution is 14.0. The average molecular weight is 431 g/mol. The van der Waals surface area contributed by atoms with Gasteiger partial charge in [0.25, 0.3) is 0 Å². The third-order valence-corrected chi connectivity index (χ3v) is 5.57. The second-order valence-corrected chi connectivity index (χ2v) is 7.28. The largest absolute Gasteiger partial charge is 0.370 e. The monoisotopic (exact) mass is 431 g/mol. The van der Waals surface area contributed by atoms with Crippen LogP contribution in [0, 0.1) is 5.92 Å². The molecule has 5 heteroatoms. The summed E-state index contributed by atoms with van der Waals surface area (Å²) in [4.78, 5) is 4.57. The molecule has 1 aromatic carbocycles. The van der Waals surface area contributed by atoms with Crippen LogP contribution in [0.5, 0.6) is 0 Å². The number of rotatable bonds is 3. The molecule has 0 spiro atoms. The van der Waals surface area contributed by atoms with Crippen molar-refractivity contribution in [2.24, 2.45) is 16.6 Å². The van der Waals surface area contributed by atoms with Crippen molar-refractivity contribution in [1.29, 1.82) is 0 Å². The molecule has 0 bridgehead atoms. The van der Waals surface area contributed by atoms with E-state index in [9.17, 15) is 0 Å². The molecule has 0 amide bonds. The van der Waals surface area contributed by atoms with Gasteiger partial charge in [-0.2, -0.15) is 11.8 Å². The molecule has 3 nitrogen and oxygen atoms in total. The molecule has 3 rings (SSSR count). The quantitative estimate of drug-likeness (QED) is 0.431. The Kier molecular flexibility index (Phi) is 7.34. The molecule has 1 fully saturated rings. The van der Waals surface area contributed by atoms with Gasteiger partial charge in [-0.25, -0.2) is 0 Å². The van der Waals surface area contributed by atoms with Crippen molar-refractivity contribution < 1.29 is 0 Å². The molecule has 0 atom stereocenters. The van der Waals surface area contributed by atoms with E-state index in [0.29, 0.717) is 5.96 Å². The topological polar surface area (TPSA) is 50.4 Å². The number of fused-ring (bicyclic) bond motifs is 1. The van der Waals surface area contributed by atoms with E-state index in [2.05, 4.69) is 40.3 Å². The van der Waals surface area contributed by atoms with Gasteiger partial charge in [0.05, 0.1) is 0 Å². The van der Waals surface area contributed by atoms with Crippen LogP contribution in [-0.2, 0) is 12.8 Å². The highest BCUT2D eigenvalue weighted by Gasteiger charge is 2.15. The second-order valence-electron chi connectivity index (χ2n) is 6.06. The van der Waals surface area contributed by atoms with Gasteiger partial charge in [-0.05, 0) is 73.1 Å². The molecule has 1 heterocycles. The number of nitrogens with two attached hydrogens (primary N) is 1. The zero-order valence-corrected chi connectivity index (χ0v) is 16.2. The van der Waals surface area contributed by atoms with Crippen LogP contribution in [0.25, 0.3) is 0 Å². The summed E-state index contributed by atoms with van der Waals surface area (Å²) in [5, 5.41) is 3.33. The van der Waals surface area contributed by atoms with Crippen LogP contribution in [0.15, 0.2) is 23.2 Å². The van der Waals surface area contributed by atoms with Crippen molar-refractivity contribution in [2.45, 2.75) is 38.5 Å². The first kappa shape index (κ1) is 17.9. The molecule has 1 saturated heterocycles. The first-order chi connectivity index (χ1) is 10.3. The fourth-order valence-corrected chi connectivity index (χ4v) is 4.44. The van der Waals surface area contributed by atoms with E-state index in [1.165, 1.54) is 54.7 Å². The first-order valence-electron chi connectivity index (χ1n) is 8.08. The third kappa shape index (κ3) is 4.78. The molecular formula is C17H26IN3S. The van der Waals surface area contributed by atoms with Crippen molar-refractivity contribution >= 4 is 47.4 Å². The Bertz CT molecular complexity index is 513. The lowest BCUT2D eigenvalue weighted by molar-refractivity contribution is 0.503. The number of guanidine groups is 1. The van der Waals surface area contributed by atoms with Crippen molar-refractivity contribution in [3.8, 4) is 0 Å². The van der Waals surface area contributed by atoms with Gasteiger partial charge in [0.2, 0.25) is 0 Å². The van der Waals surface area contributed by atoms with Crippen LogP contribution in [0.2, 0.25) is 0 Å². The predicted molar refractivity (Wildman–Crippen MR) is 109 cm³/mol. The van der Waals surface area contributed by atoms with Crippen LogP contribution >= 0.6 is 35.7 Å². The summed E-state index contributed by atoms with van der Waals surface area (Å²) in [5.41, 5.74) is 10.2. The standard InChI is InChI=1S/C17H25N3S.HI/c18-17(19-12-13-8-10-21-11-9-13)20-16-7-3-5-14-4-1-2-6-15(14)16;/h3,5,7,13H,1-2,4,6,8-12H2,(H3,18,19,20);1H. The van der Waals surface area contributed by atoms with E-state index in [1.54, 1.807) is 0 Å². The third-order valence-electron chi connectivity index (χ3n) is 4.52. The second kappa shape index (κ2) is 9.01. The molecule has 0 unspecified atom stereocenters. The summed E-state index contributed by atoms with van der Waals surface area (Å²) in [7, 11) is 0. The normalized spacial score (nSPS) is 19.2. The fraction of sp³-hybridized carbons (Fsp3) is 0.588. The number of aliphatic imine (C=N–C) groups is 1. The molecule has 0 aromatic heterocycles. The summed E-state index contributed by atoms with van der Waals surface area (Å²) >= 11 is 2.06. The van der Waals surface area contributed by atoms with Crippen LogP contribution in [-0.4, -0.2) is 24.0 Å². The van der Waals surface area contributed by atoms with Gasteiger partial charge >= 0.3 is 0 Å². The lowest BCUT2D eigenvalue weighted by Gasteiger charge is -2.21. The Morgan fingerprint density at radius 2 is 2.00 bits per heavy atom. The molecule has 1 aliphatic heterocycles. The Morgan fingerprint density at radius 3 is 2.82 bits per heavy atom. The van der Waals surface area contributed by atoms with Crippen molar-refractivity contribution in [2.75, 3.05) is 23.4 Å². The molecule has 22 heavy (non-hydrogen) atoms. The Hall–Kier alpha value is -0.430. The first-order valence-corrected chi connectivity index (χ1v) is 9.24. The Balaban J connectivity index is 0.00000176. The predicted octanol–water partition coefficient (Wildman–Crippen LogP) is 4.05. The number of thioether (sulfide) groups is 1. The molecular weight excluding hydrogens is 405 g/mol. The lowest BCUT2D eigenvalue weighted by atomic mass is 9.90.